The Balaban J connectivity index is 4.35. The monoisotopic (exact) mass is 224 g/mol. The SMILES string of the molecule is CCOCCS(=O)(=O)C(CC)C(=O)O. The molecular weight excluding hydrogens is 208 g/mol. The molecule has 0 heterocycles. The van der Waals surface area contributed by atoms with Crippen molar-refractivity contribution in [2.45, 2.75) is 25.5 Å². The van der Waals surface area contributed by atoms with Crippen molar-refractivity contribution in [3.63, 3.8) is 0 Å². The van der Waals surface area contributed by atoms with E-state index in [1.165, 1.54) is 6.92 Å². The number of ether oxygens (including phenoxy) is 1. The Kier molecular flexibility index (Phi) is 5.71. The Morgan fingerprint density at radius 2 is 2.00 bits per heavy atom. The largest absolute Gasteiger partial charge is 0.480 e. The molecule has 0 aromatic heterocycles. The van der Waals surface area contributed by atoms with Gasteiger partial charge in [-0.3, -0.25) is 4.79 Å². The fourth-order valence-electron chi connectivity index (χ4n) is 1.04. The van der Waals surface area contributed by atoms with E-state index < -0.39 is 21.1 Å². The number of hydrogen-bond acceptors (Lipinski definition) is 4. The fraction of sp³-hybridized carbons (Fsp3) is 0.875. The Labute approximate surface area is 84.0 Å². The summed E-state index contributed by atoms with van der Waals surface area (Å²) in [6, 6.07) is 0. The minimum Gasteiger partial charge on any atom is -0.480 e. The Morgan fingerprint density at radius 3 is 2.36 bits per heavy atom. The van der Waals surface area contributed by atoms with Crippen LogP contribution in [-0.4, -0.2) is 43.7 Å². The third kappa shape index (κ3) is 4.06. The van der Waals surface area contributed by atoms with Gasteiger partial charge in [0.2, 0.25) is 0 Å². The second kappa shape index (κ2) is 5.98. The number of sulfone groups is 1. The topological polar surface area (TPSA) is 80.7 Å². The molecule has 1 N–H and O–H groups in total. The van der Waals surface area contributed by atoms with E-state index in [1.54, 1.807) is 6.92 Å². The first kappa shape index (κ1) is 13.4. The van der Waals surface area contributed by atoms with Gasteiger partial charge in [-0.15, -0.1) is 0 Å². The predicted molar refractivity (Wildman–Crippen MR) is 52.0 cm³/mol. The van der Waals surface area contributed by atoms with Crippen molar-refractivity contribution < 1.29 is 23.1 Å². The molecule has 14 heavy (non-hydrogen) atoms. The van der Waals surface area contributed by atoms with Crippen molar-refractivity contribution >= 4 is 15.8 Å². The molecule has 0 spiro atoms. The van der Waals surface area contributed by atoms with E-state index in [0.29, 0.717) is 6.61 Å². The summed E-state index contributed by atoms with van der Waals surface area (Å²) >= 11 is 0. The molecule has 0 aliphatic rings. The fourth-order valence-corrected chi connectivity index (χ4v) is 2.49. The zero-order valence-electron chi connectivity index (χ0n) is 8.39. The first-order valence-electron chi connectivity index (χ1n) is 4.47. The third-order valence-electron chi connectivity index (χ3n) is 1.80. The highest BCUT2D eigenvalue weighted by molar-refractivity contribution is 7.92. The third-order valence-corrected chi connectivity index (χ3v) is 3.93. The summed E-state index contributed by atoms with van der Waals surface area (Å²) < 4.78 is 27.7. The minimum absolute atomic E-state index is 0.0581. The normalized spacial score (nSPS) is 13.9. The van der Waals surface area contributed by atoms with Crippen LogP contribution in [0.25, 0.3) is 0 Å². The lowest BCUT2D eigenvalue weighted by molar-refractivity contribution is -0.136. The molecule has 0 aliphatic heterocycles. The number of carboxylic acids is 1. The van der Waals surface area contributed by atoms with Crippen LogP contribution in [0.3, 0.4) is 0 Å². The molecule has 0 saturated carbocycles. The number of carbonyl (C=O) groups is 1. The van der Waals surface area contributed by atoms with E-state index in [4.69, 9.17) is 9.84 Å². The number of hydrogen-bond donors (Lipinski definition) is 1. The average Bonchev–Trinajstić information content (AvgIpc) is 2.04. The summed E-state index contributed by atoms with van der Waals surface area (Å²) in [6.07, 6.45) is 0.0871. The van der Waals surface area contributed by atoms with Crippen molar-refractivity contribution in [1.82, 2.24) is 0 Å². The zero-order chi connectivity index (χ0) is 11.2. The smallest absolute Gasteiger partial charge is 0.321 e. The van der Waals surface area contributed by atoms with E-state index in [0.717, 1.165) is 0 Å². The maximum Gasteiger partial charge on any atom is 0.321 e. The summed E-state index contributed by atoms with van der Waals surface area (Å²) in [7, 11) is -3.57. The lowest BCUT2D eigenvalue weighted by atomic mass is 10.3. The number of rotatable bonds is 7. The molecule has 0 radical (unpaired) electrons. The molecule has 5 nitrogen and oxygen atoms in total. The molecule has 0 bridgehead atoms. The van der Waals surface area contributed by atoms with Gasteiger partial charge < -0.3 is 9.84 Å². The predicted octanol–water partition coefficient (Wildman–Crippen LogP) is 0.301. The minimum atomic E-state index is -3.57. The summed E-state index contributed by atoms with van der Waals surface area (Å²) in [5.41, 5.74) is 0. The molecule has 1 atom stereocenters. The zero-order valence-corrected chi connectivity index (χ0v) is 9.21. The maximum absolute atomic E-state index is 11.4. The van der Waals surface area contributed by atoms with E-state index in [2.05, 4.69) is 0 Å². The highest BCUT2D eigenvalue weighted by Crippen LogP contribution is 2.07. The van der Waals surface area contributed by atoms with Crippen LogP contribution < -0.4 is 0 Å². The summed E-state index contributed by atoms with van der Waals surface area (Å²) in [5.74, 6) is -1.52. The van der Waals surface area contributed by atoms with Crippen molar-refractivity contribution in [2.75, 3.05) is 19.0 Å². The number of carboxylic acid groups (broad SMARTS) is 1. The first-order valence-corrected chi connectivity index (χ1v) is 6.19. The maximum atomic E-state index is 11.4. The standard InChI is InChI=1S/C8H16O5S/c1-3-7(8(9)10)14(11,12)6-5-13-4-2/h7H,3-6H2,1-2H3,(H,9,10). The Bertz CT molecular complexity index is 269. The van der Waals surface area contributed by atoms with Crippen molar-refractivity contribution in [1.29, 1.82) is 0 Å². The molecule has 6 heteroatoms. The lowest BCUT2D eigenvalue weighted by Crippen LogP contribution is -2.32. The van der Waals surface area contributed by atoms with Crippen molar-refractivity contribution in [2.24, 2.45) is 0 Å². The highest BCUT2D eigenvalue weighted by Gasteiger charge is 2.30. The van der Waals surface area contributed by atoms with Crippen LogP contribution in [0.1, 0.15) is 20.3 Å². The van der Waals surface area contributed by atoms with Gasteiger partial charge in [-0.05, 0) is 13.3 Å². The average molecular weight is 224 g/mol. The highest BCUT2D eigenvalue weighted by atomic mass is 32.2. The first-order chi connectivity index (χ1) is 6.45. The van der Waals surface area contributed by atoms with Crippen LogP contribution in [0.5, 0.6) is 0 Å². The van der Waals surface area contributed by atoms with E-state index in [-0.39, 0.29) is 18.8 Å². The van der Waals surface area contributed by atoms with Crippen LogP contribution in [0.15, 0.2) is 0 Å². The van der Waals surface area contributed by atoms with Crippen LogP contribution in [-0.2, 0) is 19.4 Å². The molecule has 0 amide bonds. The van der Waals surface area contributed by atoms with Gasteiger partial charge in [0.05, 0.1) is 12.4 Å². The van der Waals surface area contributed by atoms with Gasteiger partial charge in [-0.2, -0.15) is 0 Å². The van der Waals surface area contributed by atoms with Crippen molar-refractivity contribution in [3.05, 3.63) is 0 Å². The molecule has 0 rings (SSSR count). The van der Waals surface area contributed by atoms with Gasteiger partial charge in [-0.25, -0.2) is 8.42 Å². The molecule has 0 saturated heterocycles. The van der Waals surface area contributed by atoms with Gasteiger partial charge >= 0.3 is 5.97 Å². The quantitative estimate of drug-likeness (QED) is 0.629. The van der Waals surface area contributed by atoms with Gasteiger partial charge in [0.25, 0.3) is 0 Å². The molecular formula is C8H16O5S. The molecule has 0 aliphatic carbocycles. The van der Waals surface area contributed by atoms with Crippen LogP contribution in [0.4, 0.5) is 0 Å². The molecule has 84 valence electrons. The number of aliphatic carboxylic acids is 1. The summed E-state index contributed by atoms with van der Waals surface area (Å²) in [5, 5.41) is 7.34. The van der Waals surface area contributed by atoms with E-state index in [9.17, 15) is 13.2 Å². The molecule has 0 fully saturated rings. The summed E-state index contributed by atoms with van der Waals surface area (Å²) in [6.45, 7) is 3.78. The van der Waals surface area contributed by atoms with Gasteiger partial charge in [0.1, 0.15) is 0 Å². The molecule has 1 unspecified atom stereocenters. The Morgan fingerprint density at radius 1 is 1.43 bits per heavy atom. The lowest BCUT2D eigenvalue weighted by Gasteiger charge is -2.10. The van der Waals surface area contributed by atoms with Gasteiger partial charge in [0, 0.05) is 6.61 Å². The van der Waals surface area contributed by atoms with Gasteiger partial charge in [-0.1, -0.05) is 6.92 Å². The van der Waals surface area contributed by atoms with E-state index >= 15 is 0 Å². The molecule has 0 aromatic carbocycles. The van der Waals surface area contributed by atoms with Crippen molar-refractivity contribution in [3.8, 4) is 0 Å². The van der Waals surface area contributed by atoms with E-state index in [1.807, 2.05) is 0 Å². The summed E-state index contributed by atoms with van der Waals surface area (Å²) in [4.78, 5) is 10.6. The second-order valence-electron chi connectivity index (χ2n) is 2.80. The van der Waals surface area contributed by atoms with Gasteiger partial charge in [0.15, 0.2) is 15.1 Å². The van der Waals surface area contributed by atoms with Crippen LogP contribution in [0.2, 0.25) is 0 Å². The van der Waals surface area contributed by atoms with Crippen LogP contribution in [0, 0.1) is 0 Å². The van der Waals surface area contributed by atoms with Crippen LogP contribution >= 0.6 is 0 Å². The second-order valence-corrected chi connectivity index (χ2v) is 5.10. The molecule has 0 aromatic rings. The Hall–Kier alpha value is -0.620.